The lowest BCUT2D eigenvalue weighted by atomic mass is 9.86. The van der Waals surface area contributed by atoms with Crippen LogP contribution >= 0.6 is 0 Å². The number of nitrogens with zero attached hydrogens (tertiary/aromatic N) is 2. The van der Waals surface area contributed by atoms with Crippen LogP contribution in [0.25, 0.3) is 0 Å². The molecular formula is C22H22N2O5. The van der Waals surface area contributed by atoms with E-state index in [0.717, 1.165) is 17.0 Å². The normalized spacial score (nSPS) is 21.7. The van der Waals surface area contributed by atoms with Crippen LogP contribution in [0, 0.1) is 6.92 Å². The summed E-state index contributed by atoms with van der Waals surface area (Å²) in [5, 5.41) is 10.9. The summed E-state index contributed by atoms with van der Waals surface area (Å²) in [5.74, 6) is -0.00734. The minimum Gasteiger partial charge on any atom is -0.497 e. The third-order valence-electron chi connectivity index (χ3n) is 5.61. The number of cyclic esters (lactones) is 1. The maximum atomic E-state index is 13.1. The first-order valence-electron chi connectivity index (χ1n) is 9.38. The Labute approximate surface area is 167 Å². The van der Waals surface area contributed by atoms with Crippen molar-refractivity contribution in [3.05, 3.63) is 69.2 Å². The maximum Gasteiger partial charge on any atom is 0.343 e. The second kappa shape index (κ2) is 6.70. The molecule has 150 valence electrons. The minimum atomic E-state index is -1.84. The quantitative estimate of drug-likeness (QED) is 0.808. The number of aryl methyl sites for hydroxylation is 1. The van der Waals surface area contributed by atoms with Gasteiger partial charge in [0.2, 0.25) is 0 Å². The van der Waals surface area contributed by atoms with Crippen molar-refractivity contribution in [2.24, 2.45) is 4.99 Å². The zero-order valence-electron chi connectivity index (χ0n) is 16.6. The number of hydrogen-bond acceptors (Lipinski definition) is 6. The molecule has 2 aliphatic heterocycles. The molecule has 2 aromatic rings. The molecule has 2 aliphatic rings. The molecule has 1 aromatic heterocycles. The lowest BCUT2D eigenvalue weighted by Gasteiger charge is -2.31. The van der Waals surface area contributed by atoms with Crippen molar-refractivity contribution in [3.63, 3.8) is 0 Å². The van der Waals surface area contributed by atoms with Gasteiger partial charge in [0.15, 0.2) is 5.60 Å². The molecule has 3 heterocycles. The lowest BCUT2D eigenvalue weighted by Crippen LogP contribution is -2.44. The summed E-state index contributed by atoms with van der Waals surface area (Å²) in [4.78, 5) is 30.0. The van der Waals surface area contributed by atoms with E-state index >= 15 is 0 Å². The largest absolute Gasteiger partial charge is 0.497 e. The van der Waals surface area contributed by atoms with Gasteiger partial charge in [0.05, 0.1) is 36.3 Å². The van der Waals surface area contributed by atoms with Crippen molar-refractivity contribution in [3.8, 4) is 5.75 Å². The Morgan fingerprint density at radius 3 is 2.76 bits per heavy atom. The summed E-state index contributed by atoms with van der Waals surface area (Å²) in [6.45, 7) is 7.82. The zero-order valence-corrected chi connectivity index (χ0v) is 16.6. The predicted molar refractivity (Wildman–Crippen MR) is 108 cm³/mol. The lowest BCUT2D eigenvalue weighted by molar-refractivity contribution is -0.172. The van der Waals surface area contributed by atoms with Gasteiger partial charge >= 0.3 is 5.97 Å². The molecule has 0 aliphatic carbocycles. The van der Waals surface area contributed by atoms with Crippen molar-refractivity contribution in [2.45, 2.75) is 39.0 Å². The number of esters is 1. The number of allylic oxidation sites excluding steroid dienone is 1. The average molecular weight is 394 g/mol. The molecular weight excluding hydrogens is 372 g/mol. The van der Waals surface area contributed by atoms with Crippen LogP contribution in [0.4, 0.5) is 5.69 Å². The van der Waals surface area contributed by atoms with Crippen molar-refractivity contribution in [2.75, 3.05) is 7.11 Å². The number of benzene rings is 1. The summed E-state index contributed by atoms with van der Waals surface area (Å²) in [6.07, 6.45) is 0.104. The van der Waals surface area contributed by atoms with E-state index in [2.05, 4.69) is 6.58 Å². The van der Waals surface area contributed by atoms with Crippen LogP contribution < -0.4 is 10.3 Å². The first-order valence-corrected chi connectivity index (χ1v) is 9.38. The van der Waals surface area contributed by atoms with Crippen LogP contribution in [0.5, 0.6) is 5.75 Å². The highest BCUT2D eigenvalue weighted by Crippen LogP contribution is 2.35. The van der Waals surface area contributed by atoms with E-state index in [1.54, 1.807) is 24.7 Å². The molecule has 0 unspecified atom stereocenters. The van der Waals surface area contributed by atoms with Gasteiger partial charge in [-0.15, -0.1) is 0 Å². The molecule has 0 spiro atoms. The fourth-order valence-electron chi connectivity index (χ4n) is 3.84. The summed E-state index contributed by atoms with van der Waals surface area (Å²) in [7, 11) is 1.60. The van der Waals surface area contributed by atoms with E-state index in [0.29, 0.717) is 34.7 Å². The van der Waals surface area contributed by atoms with E-state index < -0.39 is 11.6 Å². The number of rotatable bonds is 3. The monoisotopic (exact) mass is 394 g/mol. The second-order valence-corrected chi connectivity index (χ2v) is 7.32. The van der Waals surface area contributed by atoms with Crippen LogP contribution in [-0.4, -0.2) is 28.5 Å². The Kier molecular flexibility index (Phi) is 4.42. The molecule has 1 aromatic carbocycles. The van der Waals surface area contributed by atoms with E-state index in [1.807, 2.05) is 25.1 Å². The molecule has 4 rings (SSSR count). The van der Waals surface area contributed by atoms with Gasteiger partial charge in [-0.05, 0) is 48.7 Å². The third kappa shape index (κ3) is 2.81. The van der Waals surface area contributed by atoms with Crippen LogP contribution in [-0.2, 0) is 28.3 Å². The molecule has 0 saturated carbocycles. The van der Waals surface area contributed by atoms with E-state index in [1.165, 1.54) is 0 Å². The summed E-state index contributed by atoms with van der Waals surface area (Å²) < 4.78 is 11.9. The van der Waals surface area contributed by atoms with Crippen molar-refractivity contribution < 1.29 is 19.4 Å². The van der Waals surface area contributed by atoms with E-state index in [-0.39, 0.29) is 18.6 Å². The number of pyridine rings is 1. The molecule has 0 fully saturated rings. The van der Waals surface area contributed by atoms with E-state index in [9.17, 15) is 14.7 Å². The molecule has 0 amide bonds. The Hall–Kier alpha value is -3.19. The highest BCUT2D eigenvalue weighted by molar-refractivity contribution is 6.14. The highest BCUT2D eigenvalue weighted by Gasteiger charge is 2.45. The summed E-state index contributed by atoms with van der Waals surface area (Å²) >= 11 is 0. The van der Waals surface area contributed by atoms with Gasteiger partial charge in [0, 0.05) is 5.56 Å². The molecule has 7 heteroatoms. The number of fused-ring (bicyclic) bond motifs is 2. The van der Waals surface area contributed by atoms with Crippen LogP contribution in [0.1, 0.15) is 35.7 Å². The highest BCUT2D eigenvalue weighted by atomic mass is 16.6. The molecule has 0 radical (unpaired) electrons. The van der Waals surface area contributed by atoms with Crippen molar-refractivity contribution in [1.29, 1.82) is 0 Å². The predicted octanol–water partition coefficient (Wildman–Crippen LogP) is 2.51. The number of ether oxygens (including phenoxy) is 2. The minimum absolute atomic E-state index is 0.104. The van der Waals surface area contributed by atoms with Crippen LogP contribution in [0.2, 0.25) is 0 Å². The third-order valence-corrected chi connectivity index (χ3v) is 5.61. The topological polar surface area (TPSA) is 90.1 Å². The van der Waals surface area contributed by atoms with Gasteiger partial charge in [-0.2, -0.15) is 0 Å². The fraction of sp³-hybridized carbons (Fsp3) is 0.318. The van der Waals surface area contributed by atoms with Gasteiger partial charge in [-0.1, -0.05) is 13.5 Å². The number of hydrogen-bond donors (Lipinski definition) is 1. The Morgan fingerprint density at radius 2 is 2.10 bits per heavy atom. The fourth-order valence-corrected chi connectivity index (χ4v) is 3.84. The standard InChI is InChI=1S/C22H22N2O5/c1-5-22(27)16-9-18-19(23-17-7-6-14(28-4)8-12(17)2)13(3)10-24(18)20(25)15(16)11-29-21(22)26/h6-9,27H,3,5,10-11H2,1-2,4H3/t22-/m0/s1. The average Bonchev–Trinajstić information content (AvgIpc) is 3.02. The maximum absolute atomic E-state index is 13.1. The zero-order chi connectivity index (χ0) is 20.9. The van der Waals surface area contributed by atoms with Gasteiger partial charge < -0.3 is 19.1 Å². The van der Waals surface area contributed by atoms with Gasteiger partial charge in [-0.3, -0.25) is 4.79 Å². The number of carbonyl (C=O) groups is 1. The smallest absolute Gasteiger partial charge is 0.343 e. The Balaban J connectivity index is 1.92. The molecule has 0 bridgehead atoms. The molecule has 7 nitrogen and oxygen atoms in total. The van der Waals surface area contributed by atoms with Gasteiger partial charge in [0.1, 0.15) is 12.4 Å². The molecule has 1 N–H and O–H groups in total. The number of aromatic nitrogens is 1. The van der Waals surface area contributed by atoms with Crippen molar-refractivity contribution >= 4 is 17.4 Å². The molecule has 1 atom stereocenters. The molecule has 0 saturated heterocycles. The van der Waals surface area contributed by atoms with Crippen LogP contribution in [0.3, 0.4) is 0 Å². The first kappa shape index (κ1) is 19.1. The number of aliphatic hydroxyl groups is 1. The second-order valence-electron chi connectivity index (χ2n) is 7.32. The van der Waals surface area contributed by atoms with Crippen molar-refractivity contribution in [1.82, 2.24) is 4.57 Å². The number of carbonyl (C=O) groups excluding carboxylic acids is 1. The Morgan fingerprint density at radius 1 is 1.34 bits per heavy atom. The SMILES string of the molecule is C=C1Cn2c(cc3c(c2=O)COC(=O)[C@]3(O)CC)C1=Nc1ccc(OC)cc1C. The Bertz CT molecular complexity index is 1140. The summed E-state index contributed by atoms with van der Waals surface area (Å²) in [5.41, 5.74) is 1.89. The van der Waals surface area contributed by atoms with Gasteiger partial charge in [0.25, 0.3) is 5.56 Å². The molecule has 29 heavy (non-hydrogen) atoms. The first-order chi connectivity index (χ1) is 13.8. The van der Waals surface area contributed by atoms with E-state index in [4.69, 9.17) is 14.5 Å². The number of aliphatic imine (C=N–C) groups is 1. The van der Waals surface area contributed by atoms with Gasteiger partial charge in [-0.25, -0.2) is 9.79 Å². The summed E-state index contributed by atoms with van der Waals surface area (Å²) in [6, 6.07) is 7.21. The number of methoxy groups -OCH3 is 1. The van der Waals surface area contributed by atoms with Crippen LogP contribution in [0.15, 0.2) is 46.2 Å².